The van der Waals surface area contributed by atoms with Crippen molar-refractivity contribution in [2.45, 2.75) is 66.7 Å². The molecule has 0 aromatic rings. The molecule has 2 aliphatic rings. The minimum absolute atomic E-state index is 0.0300. The van der Waals surface area contributed by atoms with Crippen molar-refractivity contribution in [1.82, 2.24) is 0 Å². The molecular weight excluding hydrogens is 222 g/mol. The van der Waals surface area contributed by atoms with Gasteiger partial charge in [0.25, 0.3) is 0 Å². The Morgan fingerprint density at radius 3 is 2.61 bits per heavy atom. The van der Waals surface area contributed by atoms with Crippen LogP contribution in [0.25, 0.3) is 0 Å². The van der Waals surface area contributed by atoms with E-state index in [2.05, 4.69) is 32.9 Å². The number of allylic oxidation sites excluding steroid dienone is 2. The van der Waals surface area contributed by atoms with Crippen LogP contribution in [0.5, 0.6) is 0 Å². The van der Waals surface area contributed by atoms with E-state index in [4.69, 9.17) is 5.21 Å². The molecule has 0 fully saturated rings. The third kappa shape index (κ3) is 2.00. The summed E-state index contributed by atoms with van der Waals surface area (Å²) < 4.78 is 0. The van der Waals surface area contributed by atoms with E-state index in [0.29, 0.717) is 11.3 Å². The lowest BCUT2D eigenvalue weighted by Crippen LogP contribution is -2.40. The van der Waals surface area contributed by atoms with Crippen molar-refractivity contribution in [2.75, 3.05) is 0 Å². The number of nitrogens with zero attached hydrogens (tertiary/aromatic N) is 1. The normalized spacial score (nSPS) is 36.5. The highest BCUT2D eigenvalue weighted by Crippen LogP contribution is 2.54. The van der Waals surface area contributed by atoms with E-state index < -0.39 is 0 Å². The van der Waals surface area contributed by atoms with Crippen LogP contribution in [0.4, 0.5) is 0 Å². The molecule has 0 aromatic carbocycles. The SMILES string of the molecule is C/C(=N/O)[C@]1(C)CC2=C(CCCC2(C)C)C[C@H]1C. The van der Waals surface area contributed by atoms with Gasteiger partial charge in [0.2, 0.25) is 0 Å². The van der Waals surface area contributed by atoms with Crippen LogP contribution < -0.4 is 0 Å². The Labute approximate surface area is 111 Å². The van der Waals surface area contributed by atoms with Crippen LogP contribution in [0.3, 0.4) is 0 Å². The lowest BCUT2D eigenvalue weighted by molar-refractivity contribution is 0.214. The van der Waals surface area contributed by atoms with Crippen molar-refractivity contribution in [3.63, 3.8) is 0 Å². The molecule has 1 N–H and O–H groups in total. The Morgan fingerprint density at radius 2 is 2.00 bits per heavy atom. The van der Waals surface area contributed by atoms with E-state index in [9.17, 15) is 0 Å². The second kappa shape index (κ2) is 4.40. The highest BCUT2D eigenvalue weighted by Gasteiger charge is 2.44. The number of hydrogen-bond donors (Lipinski definition) is 1. The van der Waals surface area contributed by atoms with Gasteiger partial charge in [-0.25, -0.2) is 0 Å². The lowest BCUT2D eigenvalue weighted by Gasteiger charge is -2.48. The van der Waals surface area contributed by atoms with Gasteiger partial charge in [0.05, 0.1) is 5.71 Å². The quantitative estimate of drug-likeness (QED) is 0.308. The molecule has 0 aromatic heterocycles. The van der Waals surface area contributed by atoms with Crippen LogP contribution in [-0.4, -0.2) is 10.9 Å². The van der Waals surface area contributed by atoms with Crippen molar-refractivity contribution < 1.29 is 5.21 Å². The monoisotopic (exact) mass is 249 g/mol. The maximum absolute atomic E-state index is 9.17. The van der Waals surface area contributed by atoms with E-state index in [0.717, 1.165) is 12.1 Å². The summed E-state index contributed by atoms with van der Waals surface area (Å²) in [6.45, 7) is 11.3. The van der Waals surface area contributed by atoms with Crippen molar-refractivity contribution in [3.05, 3.63) is 11.1 Å². The fourth-order valence-corrected chi connectivity index (χ4v) is 3.85. The van der Waals surface area contributed by atoms with Crippen LogP contribution in [0.15, 0.2) is 16.3 Å². The molecule has 0 heterocycles. The second-order valence-corrected chi connectivity index (χ2v) is 7.20. The smallest absolute Gasteiger partial charge is 0.0604 e. The number of rotatable bonds is 1. The minimum Gasteiger partial charge on any atom is -0.411 e. The summed E-state index contributed by atoms with van der Waals surface area (Å²) in [6, 6.07) is 0. The predicted octanol–water partition coefficient (Wildman–Crippen LogP) is 4.78. The molecule has 0 radical (unpaired) electrons. The summed E-state index contributed by atoms with van der Waals surface area (Å²) in [4.78, 5) is 0. The topological polar surface area (TPSA) is 32.6 Å². The predicted molar refractivity (Wildman–Crippen MR) is 76.1 cm³/mol. The molecular formula is C16H27NO. The fourth-order valence-electron chi connectivity index (χ4n) is 3.85. The highest BCUT2D eigenvalue weighted by molar-refractivity contribution is 5.88. The number of oxime groups is 1. The van der Waals surface area contributed by atoms with Crippen molar-refractivity contribution >= 4 is 5.71 Å². The van der Waals surface area contributed by atoms with E-state index in [-0.39, 0.29) is 5.41 Å². The Hall–Kier alpha value is -0.790. The van der Waals surface area contributed by atoms with Gasteiger partial charge in [-0.1, -0.05) is 44.0 Å². The van der Waals surface area contributed by atoms with Crippen LogP contribution in [-0.2, 0) is 0 Å². The van der Waals surface area contributed by atoms with E-state index in [1.807, 2.05) is 6.92 Å². The summed E-state index contributed by atoms with van der Waals surface area (Å²) >= 11 is 0. The highest BCUT2D eigenvalue weighted by atomic mass is 16.4. The first-order valence-electron chi connectivity index (χ1n) is 7.22. The van der Waals surface area contributed by atoms with E-state index in [1.165, 1.54) is 25.7 Å². The average Bonchev–Trinajstić information content (AvgIpc) is 2.30. The van der Waals surface area contributed by atoms with Crippen LogP contribution in [0.1, 0.15) is 66.7 Å². The minimum atomic E-state index is 0.0300. The Morgan fingerprint density at radius 1 is 1.33 bits per heavy atom. The maximum atomic E-state index is 9.17. The van der Waals surface area contributed by atoms with E-state index in [1.54, 1.807) is 11.1 Å². The number of hydrogen-bond acceptors (Lipinski definition) is 2. The second-order valence-electron chi connectivity index (χ2n) is 7.20. The van der Waals surface area contributed by atoms with Gasteiger partial charge in [0.1, 0.15) is 0 Å². The first kappa shape index (κ1) is 13.6. The molecule has 2 nitrogen and oxygen atoms in total. The molecule has 18 heavy (non-hydrogen) atoms. The molecule has 0 unspecified atom stereocenters. The largest absolute Gasteiger partial charge is 0.411 e. The fraction of sp³-hybridized carbons (Fsp3) is 0.812. The van der Waals surface area contributed by atoms with Gasteiger partial charge < -0.3 is 5.21 Å². The standard InChI is InChI=1S/C16H27NO/c1-11-9-13-7-6-8-15(3,4)14(13)10-16(11,5)12(2)17-18/h11,18H,6-10H2,1-5H3/b17-12-/t11-,16-/m1/s1. The molecule has 0 spiro atoms. The first-order valence-corrected chi connectivity index (χ1v) is 7.22. The molecule has 0 amide bonds. The molecule has 2 heteroatoms. The third-order valence-corrected chi connectivity index (χ3v) is 5.68. The molecule has 0 bridgehead atoms. The van der Waals surface area contributed by atoms with Crippen molar-refractivity contribution in [1.29, 1.82) is 0 Å². The Kier molecular flexibility index (Phi) is 3.33. The molecule has 0 saturated heterocycles. The average molecular weight is 249 g/mol. The summed E-state index contributed by atoms with van der Waals surface area (Å²) in [5, 5.41) is 12.7. The molecule has 102 valence electrons. The van der Waals surface area contributed by atoms with Gasteiger partial charge in [0.15, 0.2) is 0 Å². The van der Waals surface area contributed by atoms with Gasteiger partial charge >= 0.3 is 0 Å². The molecule has 2 aliphatic carbocycles. The van der Waals surface area contributed by atoms with Gasteiger partial charge in [-0.2, -0.15) is 0 Å². The van der Waals surface area contributed by atoms with Crippen LogP contribution >= 0.6 is 0 Å². The maximum Gasteiger partial charge on any atom is 0.0604 e. The van der Waals surface area contributed by atoms with Crippen LogP contribution in [0, 0.1) is 16.7 Å². The zero-order valence-corrected chi connectivity index (χ0v) is 12.5. The Bertz CT molecular complexity index is 405. The zero-order valence-electron chi connectivity index (χ0n) is 12.5. The third-order valence-electron chi connectivity index (χ3n) is 5.68. The molecule has 2 atom stereocenters. The summed E-state index contributed by atoms with van der Waals surface area (Å²) in [5.74, 6) is 0.570. The van der Waals surface area contributed by atoms with Gasteiger partial charge in [-0.05, 0) is 50.4 Å². The molecule has 0 saturated carbocycles. The van der Waals surface area contributed by atoms with Gasteiger partial charge in [0, 0.05) is 5.41 Å². The summed E-state index contributed by atoms with van der Waals surface area (Å²) in [7, 11) is 0. The summed E-state index contributed by atoms with van der Waals surface area (Å²) in [6.07, 6.45) is 6.18. The van der Waals surface area contributed by atoms with Gasteiger partial charge in [-0.3, -0.25) is 0 Å². The summed E-state index contributed by atoms with van der Waals surface area (Å²) in [5.41, 5.74) is 4.61. The van der Waals surface area contributed by atoms with Gasteiger partial charge in [-0.15, -0.1) is 0 Å². The zero-order chi connectivity index (χ0) is 13.6. The Balaban J connectivity index is 2.41. The van der Waals surface area contributed by atoms with Crippen LogP contribution in [0.2, 0.25) is 0 Å². The van der Waals surface area contributed by atoms with Crippen molar-refractivity contribution in [2.24, 2.45) is 21.9 Å². The lowest BCUT2D eigenvalue weighted by atomic mass is 9.57. The molecule has 0 aliphatic heterocycles. The first-order chi connectivity index (χ1) is 8.31. The molecule has 2 rings (SSSR count). The van der Waals surface area contributed by atoms with E-state index >= 15 is 0 Å². The van der Waals surface area contributed by atoms with Crippen molar-refractivity contribution in [3.8, 4) is 0 Å².